The Morgan fingerprint density at radius 3 is 2.17 bits per heavy atom. The van der Waals surface area contributed by atoms with Gasteiger partial charge in [0.1, 0.15) is 0 Å². The van der Waals surface area contributed by atoms with Crippen molar-refractivity contribution in [2.24, 2.45) is 0 Å². The summed E-state index contributed by atoms with van der Waals surface area (Å²) >= 11 is 4.75. The van der Waals surface area contributed by atoms with E-state index >= 15 is 0 Å². The van der Waals surface area contributed by atoms with Gasteiger partial charge >= 0.3 is 65.7 Å². The third kappa shape index (κ3) is 5.48. The Balaban J connectivity index is 2.34. The first-order valence-corrected chi connectivity index (χ1v) is 5.01. The minimum atomic E-state index is 1.19. The molecule has 0 amide bonds. The van der Waals surface area contributed by atoms with Crippen molar-refractivity contribution in [1.82, 2.24) is 0 Å². The summed E-state index contributed by atoms with van der Waals surface area (Å²) in [4.78, 5) is 0. The summed E-state index contributed by atoms with van der Waals surface area (Å²) in [6, 6.07) is 0. The molecule has 0 atom stereocenters. The van der Waals surface area contributed by atoms with E-state index in [1.54, 1.807) is 0 Å². The molecule has 0 radical (unpaired) electrons. The Morgan fingerprint density at radius 1 is 1.33 bits per heavy atom. The van der Waals surface area contributed by atoms with Gasteiger partial charge in [0.2, 0.25) is 0 Å². The van der Waals surface area contributed by atoms with Crippen LogP contribution in [-0.2, 0) is 0 Å². The summed E-state index contributed by atoms with van der Waals surface area (Å²) in [5, 5.41) is 1.19. The van der Waals surface area contributed by atoms with Gasteiger partial charge in [-0.1, -0.05) is 0 Å². The number of hydrogen-bond acceptors (Lipinski definition) is 0. The second-order valence-electron chi connectivity index (χ2n) is 1.40. The maximum absolute atomic E-state index is 3.37. The molecule has 0 N–H and O–H groups in total. The predicted octanol–water partition coefficient (Wildman–Crippen LogP) is 1.75. The molecule has 6 heavy (non-hydrogen) atoms. The summed E-state index contributed by atoms with van der Waals surface area (Å²) < 4.78 is 1.46. The SMILES string of the molecule is [Na][CH2]CCCBr. The summed E-state index contributed by atoms with van der Waals surface area (Å²) in [6.45, 7) is 0. The van der Waals surface area contributed by atoms with Crippen LogP contribution in [0.5, 0.6) is 0 Å². The molecule has 0 aromatic heterocycles. The first kappa shape index (κ1) is 7.48. The Labute approximate surface area is 65.2 Å². The molecule has 0 fully saturated rings. The minimum absolute atomic E-state index is 1.19. The van der Waals surface area contributed by atoms with Gasteiger partial charge in [0.15, 0.2) is 0 Å². The maximum atomic E-state index is 3.37. The van der Waals surface area contributed by atoms with E-state index in [1.165, 1.54) is 49.8 Å². The fourth-order valence-electron chi connectivity index (χ4n) is 0.344. The quantitative estimate of drug-likeness (QED) is 0.334. The molecule has 0 unspecified atom stereocenters. The number of halogens is 1. The van der Waals surface area contributed by atoms with Crippen LogP contribution in [0.25, 0.3) is 0 Å². The van der Waals surface area contributed by atoms with E-state index in [2.05, 4.69) is 15.9 Å². The van der Waals surface area contributed by atoms with Gasteiger partial charge in [-0.25, -0.2) is 0 Å². The zero-order chi connectivity index (χ0) is 4.83. The van der Waals surface area contributed by atoms with Crippen LogP contribution in [0.15, 0.2) is 0 Å². The Bertz CT molecular complexity index is 19.5. The van der Waals surface area contributed by atoms with Crippen LogP contribution in [0.3, 0.4) is 0 Å². The molecule has 2 heteroatoms. The average Bonchev–Trinajstić information content (AvgIpc) is 1.61. The van der Waals surface area contributed by atoms with Crippen LogP contribution in [0, 0.1) is 0 Å². The van der Waals surface area contributed by atoms with Crippen molar-refractivity contribution >= 4 is 43.9 Å². The first-order chi connectivity index (χ1) is 2.91. The summed E-state index contributed by atoms with van der Waals surface area (Å²) in [5.41, 5.74) is 0. The molecule has 0 aliphatic rings. The van der Waals surface area contributed by atoms with Gasteiger partial charge in [0.05, 0.1) is 0 Å². The molecule has 0 aromatic carbocycles. The Hall–Kier alpha value is 1.48. The average molecular weight is 159 g/mol. The molecule has 0 heterocycles. The molecule has 0 bridgehead atoms. The van der Waals surface area contributed by atoms with Crippen molar-refractivity contribution in [3.63, 3.8) is 0 Å². The Kier molecular flexibility index (Phi) is 8.08. The molecule has 0 aliphatic heterocycles. The van der Waals surface area contributed by atoms with Crippen molar-refractivity contribution in [2.45, 2.75) is 16.5 Å². The summed E-state index contributed by atoms with van der Waals surface area (Å²) in [6.07, 6.45) is 2.79. The number of alkyl halides is 1. The van der Waals surface area contributed by atoms with Gasteiger partial charge in [0.25, 0.3) is 0 Å². The summed E-state index contributed by atoms with van der Waals surface area (Å²) in [5.74, 6) is 0. The van der Waals surface area contributed by atoms with Crippen LogP contribution in [0.1, 0.15) is 12.8 Å². The van der Waals surface area contributed by atoms with E-state index in [9.17, 15) is 0 Å². The topological polar surface area (TPSA) is 0 Å². The van der Waals surface area contributed by atoms with Crippen LogP contribution in [0.4, 0.5) is 0 Å². The normalized spacial score (nSPS) is 9.17. The zero-order valence-electron chi connectivity index (χ0n) is 4.21. The van der Waals surface area contributed by atoms with Crippen LogP contribution in [-0.4, -0.2) is 33.3 Å². The van der Waals surface area contributed by atoms with Gasteiger partial charge in [-0.3, -0.25) is 0 Å². The van der Waals surface area contributed by atoms with Crippen LogP contribution >= 0.6 is 15.9 Å². The van der Waals surface area contributed by atoms with Gasteiger partial charge in [0, 0.05) is 0 Å². The number of unbranched alkanes of at least 4 members (excludes halogenated alkanes) is 1. The van der Waals surface area contributed by atoms with Crippen LogP contribution in [0.2, 0.25) is 3.67 Å². The van der Waals surface area contributed by atoms with Gasteiger partial charge in [-0.2, -0.15) is 0 Å². The third-order valence-electron chi connectivity index (χ3n) is 0.737. The monoisotopic (exact) mass is 158 g/mol. The molecule has 0 saturated heterocycles. The number of hydrogen-bond donors (Lipinski definition) is 0. The number of rotatable bonds is 3. The molecule has 0 aromatic rings. The molecular formula is C4H8BrNa. The van der Waals surface area contributed by atoms with Gasteiger partial charge in [-0.05, 0) is 0 Å². The third-order valence-corrected chi connectivity index (χ3v) is 2.01. The molecular weight excluding hydrogens is 151 g/mol. The van der Waals surface area contributed by atoms with Gasteiger partial charge in [-0.15, -0.1) is 0 Å². The first-order valence-electron chi connectivity index (χ1n) is 2.47. The van der Waals surface area contributed by atoms with Crippen molar-refractivity contribution in [3.8, 4) is 0 Å². The fraction of sp³-hybridized carbons (Fsp3) is 1.00. The van der Waals surface area contributed by atoms with Crippen molar-refractivity contribution in [3.05, 3.63) is 0 Å². The Morgan fingerprint density at radius 2 is 2.00 bits per heavy atom. The standard InChI is InChI=1S/C4H8Br.Na/c1-2-3-4-5;/h1-4H2;. The molecule has 0 nitrogen and oxygen atoms in total. The van der Waals surface area contributed by atoms with E-state index in [1.807, 2.05) is 0 Å². The molecule has 0 saturated carbocycles. The van der Waals surface area contributed by atoms with E-state index in [0.717, 1.165) is 0 Å². The summed E-state index contributed by atoms with van der Waals surface area (Å²) in [7, 11) is 0. The van der Waals surface area contributed by atoms with Crippen molar-refractivity contribution in [2.75, 3.05) is 5.33 Å². The fourth-order valence-corrected chi connectivity index (χ4v) is 1.24. The molecule has 0 aliphatic carbocycles. The molecule has 32 valence electrons. The van der Waals surface area contributed by atoms with Crippen LogP contribution < -0.4 is 0 Å². The van der Waals surface area contributed by atoms with E-state index in [0.29, 0.717) is 0 Å². The van der Waals surface area contributed by atoms with Crippen molar-refractivity contribution < 1.29 is 0 Å². The zero-order valence-corrected chi connectivity index (χ0v) is 7.79. The van der Waals surface area contributed by atoms with Crippen molar-refractivity contribution in [1.29, 1.82) is 0 Å². The second-order valence-corrected chi connectivity index (χ2v) is 3.19. The second kappa shape index (κ2) is 6.48. The molecule has 0 spiro atoms. The van der Waals surface area contributed by atoms with E-state index in [-0.39, 0.29) is 0 Å². The van der Waals surface area contributed by atoms with E-state index in [4.69, 9.17) is 0 Å². The predicted molar refractivity (Wildman–Crippen MR) is 33.6 cm³/mol. The van der Waals surface area contributed by atoms with Gasteiger partial charge < -0.3 is 0 Å². The van der Waals surface area contributed by atoms with E-state index < -0.39 is 0 Å². The molecule has 0 rings (SSSR count).